The summed E-state index contributed by atoms with van der Waals surface area (Å²) in [6.07, 6.45) is -1.53. The summed E-state index contributed by atoms with van der Waals surface area (Å²) in [4.78, 5) is 36.9. The van der Waals surface area contributed by atoms with Crippen molar-refractivity contribution < 1.29 is 32.3 Å². The standard InChI is InChI=1S/C33H36F3N7O4S/c1-3-37-28(44)16-21(2)24-10-6-8-22(17-24)19-29(45)38-27-15-14-25(40-41-27)11-4-5-13-31-42-43-32(48-31)39-30(46)20-23-9-7-12-26(18-23)47-33(34,35)36/h6-10,12,14-15,17-18,21H,3-5,11,13,16,19-20H2,1-2H3,(H,37,44)(H,38,41,45)(H,39,43,46). The number of halogens is 3. The number of unbranched alkanes of at least 4 members (excludes halogenated alkanes) is 1. The second-order valence-corrected chi connectivity index (χ2v) is 12.1. The number of nitrogens with zero attached hydrogens (tertiary/aromatic N) is 4. The van der Waals surface area contributed by atoms with E-state index in [9.17, 15) is 27.6 Å². The molecule has 15 heteroatoms. The van der Waals surface area contributed by atoms with E-state index in [0.717, 1.165) is 46.8 Å². The molecular weight excluding hydrogens is 647 g/mol. The lowest BCUT2D eigenvalue weighted by atomic mass is 9.95. The molecule has 0 aliphatic carbocycles. The van der Waals surface area contributed by atoms with Gasteiger partial charge in [-0.25, -0.2) is 0 Å². The molecule has 3 N–H and O–H groups in total. The number of anilines is 2. The molecule has 0 spiro atoms. The lowest BCUT2D eigenvalue weighted by molar-refractivity contribution is -0.274. The Balaban J connectivity index is 1.15. The Bertz CT molecular complexity index is 1680. The third-order valence-electron chi connectivity index (χ3n) is 7.02. The van der Waals surface area contributed by atoms with Gasteiger partial charge in [0.2, 0.25) is 22.9 Å². The minimum absolute atomic E-state index is 0.00317. The van der Waals surface area contributed by atoms with Crippen LogP contribution in [0.25, 0.3) is 0 Å². The predicted octanol–water partition coefficient (Wildman–Crippen LogP) is 5.78. The lowest BCUT2D eigenvalue weighted by Crippen LogP contribution is -2.24. The molecule has 48 heavy (non-hydrogen) atoms. The number of carbonyl (C=O) groups excluding carboxylic acids is 3. The van der Waals surface area contributed by atoms with Crippen LogP contribution in [0.5, 0.6) is 5.75 Å². The van der Waals surface area contributed by atoms with Crippen LogP contribution in [0.4, 0.5) is 24.1 Å². The first kappa shape index (κ1) is 35.9. The van der Waals surface area contributed by atoms with Gasteiger partial charge < -0.3 is 20.7 Å². The molecule has 0 aliphatic heterocycles. The summed E-state index contributed by atoms with van der Waals surface area (Å²) in [5, 5.41) is 25.7. The van der Waals surface area contributed by atoms with Crippen molar-refractivity contribution in [2.75, 3.05) is 17.2 Å². The number of amides is 3. The van der Waals surface area contributed by atoms with Crippen LogP contribution in [0.3, 0.4) is 0 Å². The first-order valence-electron chi connectivity index (χ1n) is 15.4. The number of aryl methyl sites for hydroxylation is 2. The van der Waals surface area contributed by atoms with Crippen molar-refractivity contribution in [2.45, 2.75) is 71.1 Å². The molecule has 0 bridgehead atoms. The zero-order chi connectivity index (χ0) is 34.5. The molecule has 0 fully saturated rings. The number of aromatic nitrogens is 4. The molecule has 0 radical (unpaired) electrons. The molecule has 0 saturated carbocycles. The zero-order valence-electron chi connectivity index (χ0n) is 26.5. The maximum Gasteiger partial charge on any atom is 0.573 e. The minimum Gasteiger partial charge on any atom is -0.406 e. The molecule has 0 saturated heterocycles. The van der Waals surface area contributed by atoms with Crippen molar-refractivity contribution in [3.05, 3.63) is 88.1 Å². The molecule has 11 nitrogen and oxygen atoms in total. The summed E-state index contributed by atoms with van der Waals surface area (Å²) < 4.78 is 41.3. The number of ether oxygens (including phenoxy) is 1. The zero-order valence-corrected chi connectivity index (χ0v) is 27.3. The summed E-state index contributed by atoms with van der Waals surface area (Å²) in [6, 6.07) is 16.4. The van der Waals surface area contributed by atoms with Gasteiger partial charge in [0.05, 0.1) is 18.5 Å². The number of carbonyl (C=O) groups is 3. The summed E-state index contributed by atoms with van der Waals surface area (Å²) in [5.74, 6) is -0.669. The third kappa shape index (κ3) is 12.4. The maximum absolute atomic E-state index is 12.6. The summed E-state index contributed by atoms with van der Waals surface area (Å²) in [7, 11) is 0. The Kier molecular flexibility index (Phi) is 12.9. The van der Waals surface area contributed by atoms with E-state index in [0.29, 0.717) is 42.3 Å². The highest BCUT2D eigenvalue weighted by Gasteiger charge is 2.31. The SMILES string of the molecule is CCNC(=O)CC(C)c1cccc(CC(=O)Nc2ccc(CCCCc3nnc(NC(=O)Cc4cccc(OC(F)(F)F)c4)s3)nn2)c1. The van der Waals surface area contributed by atoms with Crippen LogP contribution in [-0.2, 0) is 40.1 Å². The van der Waals surface area contributed by atoms with Crippen LogP contribution >= 0.6 is 11.3 Å². The Labute approximate surface area is 279 Å². The average molecular weight is 684 g/mol. The van der Waals surface area contributed by atoms with Gasteiger partial charge in [-0.1, -0.05) is 54.7 Å². The molecule has 4 aromatic rings. The van der Waals surface area contributed by atoms with E-state index in [4.69, 9.17) is 0 Å². The molecule has 2 aromatic carbocycles. The van der Waals surface area contributed by atoms with Gasteiger partial charge in [0.1, 0.15) is 10.8 Å². The fraction of sp³-hybridized carbons (Fsp3) is 0.364. The van der Waals surface area contributed by atoms with Crippen LogP contribution in [0.1, 0.15) is 66.4 Å². The fourth-order valence-corrected chi connectivity index (χ4v) is 5.59. The molecule has 4 rings (SSSR count). The molecule has 2 aromatic heterocycles. The van der Waals surface area contributed by atoms with Gasteiger partial charge in [-0.2, -0.15) is 5.10 Å². The van der Waals surface area contributed by atoms with E-state index < -0.39 is 18.0 Å². The van der Waals surface area contributed by atoms with E-state index >= 15 is 0 Å². The predicted molar refractivity (Wildman–Crippen MR) is 175 cm³/mol. The second-order valence-electron chi connectivity index (χ2n) is 11.1. The van der Waals surface area contributed by atoms with Gasteiger partial charge in [-0.05, 0) is 73.1 Å². The maximum atomic E-state index is 12.6. The Morgan fingerprint density at radius 2 is 1.54 bits per heavy atom. The molecule has 1 atom stereocenters. The van der Waals surface area contributed by atoms with Gasteiger partial charge in [-0.15, -0.1) is 28.5 Å². The number of rotatable bonds is 16. The summed E-state index contributed by atoms with van der Waals surface area (Å²) in [6.45, 7) is 4.46. The first-order valence-corrected chi connectivity index (χ1v) is 16.2. The normalized spacial score (nSPS) is 11.9. The van der Waals surface area contributed by atoms with E-state index in [-0.39, 0.29) is 30.6 Å². The van der Waals surface area contributed by atoms with E-state index in [1.165, 1.54) is 23.5 Å². The lowest BCUT2D eigenvalue weighted by Gasteiger charge is -2.13. The van der Waals surface area contributed by atoms with Crippen molar-refractivity contribution in [3.63, 3.8) is 0 Å². The quantitative estimate of drug-likeness (QED) is 0.126. The number of hydrogen-bond donors (Lipinski definition) is 3. The van der Waals surface area contributed by atoms with Crippen molar-refractivity contribution in [3.8, 4) is 5.75 Å². The van der Waals surface area contributed by atoms with Crippen LogP contribution in [0.2, 0.25) is 0 Å². The van der Waals surface area contributed by atoms with Crippen LogP contribution in [-0.4, -0.2) is 51.0 Å². The molecule has 3 amide bonds. The van der Waals surface area contributed by atoms with Crippen LogP contribution in [0.15, 0.2) is 60.7 Å². The van der Waals surface area contributed by atoms with Crippen molar-refractivity contribution >= 4 is 40.0 Å². The number of benzene rings is 2. The Hall–Kier alpha value is -4.92. The van der Waals surface area contributed by atoms with Crippen LogP contribution < -0.4 is 20.7 Å². The highest BCUT2D eigenvalue weighted by Crippen LogP contribution is 2.24. The third-order valence-corrected chi connectivity index (χ3v) is 7.92. The Morgan fingerprint density at radius 3 is 2.25 bits per heavy atom. The minimum atomic E-state index is -4.81. The van der Waals surface area contributed by atoms with Gasteiger partial charge in [0, 0.05) is 19.4 Å². The van der Waals surface area contributed by atoms with Gasteiger partial charge >= 0.3 is 6.36 Å². The molecule has 1 unspecified atom stereocenters. The fourth-order valence-electron chi connectivity index (χ4n) is 4.80. The van der Waals surface area contributed by atoms with Gasteiger partial charge in [0.15, 0.2) is 5.82 Å². The molecule has 254 valence electrons. The van der Waals surface area contributed by atoms with E-state index in [1.54, 1.807) is 6.07 Å². The second kappa shape index (κ2) is 17.3. The molecule has 0 aliphatic rings. The first-order chi connectivity index (χ1) is 23.0. The van der Waals surface area contributed by atoms with E-state index in [2.05, 4.69) is 41.1 Å². The van der Waals surface area contributed by atoms with Crippen molar-refractivity contribution in [1.29, 1.82) is 0 Å². The van der Waals surface area contributed by atoms with Crippen LogP contribution in [0, 0.1) is 0 Å². The topological polar surface area (TPSA) is 148 Å². The number of hydrogen-bond acceptors (Lipinski definition) is 9. The summed E-state index contributed by atoms with van der Waals surface area (Å²) in [5.41, 5.74) is 2.97. The molecule has 2 heterocycles. The summed E-state index contributed by atoms with van der Waals surface area (Å²) >= 11 is 1.23. The highest BCUT2D eigenvalue weighted by molar-refractivity contribution is 7.15. The Morgan fingerprint density at radius 1 is 0.833 bits per heavy atom. The monoisotopic (exact) mass is 683 g/mol. The average Bonchev–Trinajstić information content (AvgIpc) is 3.46. The van der Waals surface area contributed by atoms with Crippen molar-refractivity contribution in [1.82, 2.24) is 25.7 Å². The highest BCUT2D eigenvalue weighted by atomic mass is 32.1. The number of nitrogens with one attached hydrogen (secondary N) is 3. The largest absolute Gasteiger partial charge is 0.573 e. The van der Waals surface area contributed by atoms with E-state index in [1.807, 2.05) is 44.2 Å². The van der Waals surface area contributed by atoms with Crippen molar-refractivity contribution in [2.24, 2.45) is 0 Å². The molecular formula is C33H36F3N7O4S. The van der Waals surface area contributed by atoms with Gasteiger partial charge in [0.25, 0.3) is 0 Å². The smallest absolute Gasteiger partial charge is 0.406 e. The van der Waals surface area contributed by atoms with Gasteiger partial charge in [-0.3, -0.25) is 14.4 Å². The number of alkyl halides is 3.